The number of nitrogens with two attached hydrogens (primary N) is 2. The number of nitrogens with zero attached hydrogens (tertiary/aromatic N) is 3. The average molecular weight is 846 g/mol. The molecule has 0 amide bonds. The van der Waals surface area contributed by atoms with Gasteiger partial charge in [-0.3, -0.25) is 23.4 Å². The molecule has 0 spiro atoms. The molecule has 1 aliphatic rings. The number of aromatic nitrogens is 4. The lowest BCUT2D eigenvalue weighted by molar-refractivity contribution is -0.0423. The number of fused-ring (bicyclic) bond motifs is 1. The van der Waals surface area contributed by atoms with Gasteiger partial charge in [-0.1, -0.05) is 12.8 Å². The summed E-state index contributed by atoms with van der Waals surface area (Å²) in [5.41, 5.74) is 9.95. The second kappa shape index (κ2) is 16.9. The fourth-order valence-corrected chi connectivity index (χ4v) is 11.7. The van der Waals surface area contributed by atoms with Crippen molar-refractivity contribution in [2.75, 3.05) is 25.5 Å². The zero-order valence-corrected chi connectivity index (χ0v) is 30.3. The maximum Gasteiger partial charge on any atom is 0.490 e. The molecule has 0 radical (unpaired) electrons. The van der Waals surface area contributed by atoms with Gasteiger partial charge in [0.15, 0.2) is 11.2 Å². The molecule has 50 heavy (non-hydrogen) atoms. The van der Waals surface area contributed by atoms with Gasteiger partial charge in [-0.25, -0.2) is 32.4 Å². The highest BCUT2D eigenvalue weighted by Crippen LogP contribution is 2.75. The zero-order valence-electron chi connectivity index (χ0n) is 24.9. The first kappa shape index (κ1) is 43.3. The Kier molecular flexibility index (Phi) is 14.6. The molecule has 9 unspecified atom stereocenters. The van der Waals surface area contributed by atoms with Crippen molar-refractivity contribution in [3.8, 4) is 0 Å². The molecule has 12 N–H and O–H groups in total. The van der Waals surface area contributed by atoms with Crippen molar-refractivity contribution in [1.82, 2.24) is 19.5 Å². The van der Waals surface area contributed by atoms with E-state index in [-0.39, 0.29) is 30.0 Å². The second-order valence-electron chi connectivity index (χ2n) is 9.76. The number of phosphoric acid groups is 6. The third-order valence-corrected chi connectivity index (χ3v) is 15.0. The fraction of sp³-hybridized carbons (Fsp3) is 0.688. The largest absolute Gasteiger partial charge is 0.490 e. The molecule has 2 aromatic rings. The molecule has 0 aliphatic carbocycles. The summed E-state index contributed by atoms with van der Waals surface area (Å²) in [6.07, 6.45) is -1.22. The lowest BCUT2D eigenvalue weighted by Gasteiger charge is -2.21. The Balaban J connectivity index is 1.53. The molecule has 34 heteroatoms. The maximum absolute atomic E-state index is 12.3. The van der Waals surface area contributed by atoms with E-state index < -0.39 is 84.1 Å². The SMILES string of the molecule is NCCCCCCOP(=O)(O)OP(=O)(O)OP(=O)(O)OP(=O)(O)OP(=O)(O)OP(=O)(O)OCC1OC(n2cnc3c(=O)[nH]c(N)nc32)CC1O. The van der Waals surface area contributed by atoms with E-state index in [1.165, 1.54) is 4.57 Å². The molecular weight excluding hydrogens is 814 g/mol. The number of aromatic amines is 1. The van der Waals surface area contributed by atoms with Crippen molar-refractivity contribution in [2.45, 2.75) is 50.5 Å². The molecule has 1 fully saturated rings. The molecule has 0 aromatic carbocycles. The monoisotopic (exact) mass is 846 g/mol. The Labute approximate surface area is 279 Å². The minimum atomic E-state index is -6.44. The van der Waals surface area contributed by atoms with E-state index >= 15 is 0 Å². The quantitative estimate of drug-likeness (QED) is 0.0607. The summed E-state index contributed by atoms with van der Waals surface area (Å²) in [5, 5.41) is 10.3. The van der Waals surface area contributed by atoms with Crippen LogP contribution >= 0.6 is 46.9 Å². The van der Waals surface area contributed by atoms with Crippen LogP contribution in [-0.2, 0) is 62.7 Å². The van der Waals surface area contributed by atoms with Crippen LogP contribution in [0, 0.1) is 0 Å². The number of rotatable bonds is 21. The van der Waals surface area contributed by atoms with Crippen molar-refractivity contribution < 1.29 is 97.2 Å². The van der Waals surface area contributed by atoms with Crippen molar-refractivity contribution in [3.05, 3.63) is 16.7 Å². The van der Waals surface area contributed by atoms with Crippen LogP contribution in [0.2, 0.25) is 0 Å². The van der Waals surface area contributed by atoms with Crippen molar-refractivity contribution in [2.24, 2.45) is 5.73 Å². The third kappa shape index (κ3) is 13.7. The van der Waals surface area contributed by atoms with Crippen LogP contribution in [0.15, 0.2) is 11.1 Å². The summed E-state index contributed by atoms with van der Waals surface area (Å²) in [7, 11) is -36.5. The summed E-state index contributed by atoms with van der Waals surface area (Å²) in [6, 6.07) is 0. The topological polar surface area (TPSA) is 433 Å². The summed E-state index contributed by atoms with van der Waals surface area (Å²) in [4.78, 5) is 79.8. The maximum atomic E-state index is 12.3. The first-order valence-corrected chi connectivity index (χ1v) is 22.4. The normalized spacial score (nSPS) is 25.6. The van der Waals surface area contributed by atoms with Gasteiger partial charge in [0.25, 0.3) is 5.56 Å². The fourth-order valence-electron chi connectivity index (χ4n) is 3.90. The highest BCUT2D eigenvalue weighted by molar-refractivity contribution is 7.72. The van der Waals surface area contributed by atoms with Gasteiger partial charge in [0.2, 0.25) is 5.95 Å². The van der Waals surface area contributed by atoms with E-state index in [0.717, 1.165) is 6.33 Å². The molecule has 9 atom stereocenters. The lowest BCUT2D eigenvalue weighted by Crippen LogP contribution is -2.26. The summed E-state index contributed by atoms with van der Waals surface area (Å²) in [6.45, 7) is -1.16. The molecule has 0 bridgehead atoms. The predicted octanol–water partition coefficient (Wildman–Crippen LogP) is 0.588. The highest BCUT2D eigenvalue weighted by Gasteiger charge is 2.50. The summed E-state index contributed by atoms with van der Waals surface area (Å²) >= 11 is 0. The van der Waals surface area contributed by atoms with Crippen molar-refractivity contribution in [1.29, 1.82) is 0 Å². The number of hydrogen-bond acceptors (Lipinski definition) is 20. The van der Waals surface area contributed by atoms with Gasteiger partial charge in [-0.15, -0.1) is 0 Å². The zero-order chi connectivity index (χ0) is 37.8. The lowest BCUT2D eigenvalue weighted by atomic mass is 10.2. The predicted molar refractivity (Wildman–Crippen MR) is 161 cm³/mol. The number of phosphoric ester groups is 2. The summed E-state index contributed by atoms with van der Waals surface area (Å²) in [5.74, 6) is -0.272. The second-order valence-corrected chi connectivity index (χ2v) is 19.2. The number of imidazole rings is 1. The van der Waals surface area contributed by atoms with Crippen LogP contribution in [0.5, 0.6) is 0 Å². The Morgan fingerprint density at radius 1 is 0.820 bits per heavy atom. The van der Waals surface area contributed by atoms with E-state index in [0.29, 0.717) is 25.8 Å². The Morgan fingerprint density at radius 3 is 1.86 bits per heavy atom. The minimum Gasteiger partial charge on any atom is -0.390 e. The van der Waals surface area contributed by atoms with Crippen LogP contribution in [0.25, 0.3) is 11.2 Å². The van der Waals surface area contributed by atoms with Gasteiger partial charge in [-0.05, 0) is 19.4 Å². The van der Waals surface area contributed by atoms with E-state index in [1.54, 1.807) is 0 Å². The number of nitrogen functional groups attached to an aromatic ring is 1. The van der Waals surface area contributed by atoms with E-state index in [2.05, 4.69) is 45.6 Å². The summed E-state index contributed by atoms with van der Waals surface area (Å²) < 4.78 is 106. The molecule has 28 nitrogen and oxygen atoms in total. The van der Waals surface area contributed by atoms with Gasteiger partial charge in [-0.2, -0.15) is 26.5 Å². The molecule has 2 aromatic heterocycles. The van der Waals surface area contributed by atoms with Gasteiger partial charge < -0.3 is 50.7 Å². The molecule has 288 valence electrons. The molecule has 3 heterocycles. The van der Waals surface area contributed by atoms with E-state index in [9.17, 15) is 66.7 Å². The first-order chi connectivity index (χ1) is 22.8. The van der Waals surface area contributed by atoms with Crippen molar-refractivity contribution in [3.63, 3.8) is 0 Å². The first-order valence-electron chi connectivity index (χ1n) is 13.4. The third-order valence-electron chi connectivity index (χ3n) is 5.75. The number of aliphatic hydroxyl groups is 1. The number of aliphatic hydroxyl groups excluding tert-OH is 1. The average Bonchev–Trinajstić information content (AvgIpc) is 3.49. The van der Waals surface area contributed by atoms with Crippen LogP contribution in [0.4, 0.5) is 5.95 Å². The van der Waals surface area contributed by atoms with Gasteiger partial charge >= 0.3 is 46.9 Å². The number of ether oxygens (including phenoxy) is 1. The molecule has 3 rings (SSSR count). The van der Waals surface area contributed by atoms with Crippen LogP contribution in [0.1, 0.15) is 38.3 Å². The number of unbranched alkanes of at least 4 members (excludes halogenated alkanes) is 3. The number of hydrogen-bond donors (Lipinski definition) is 10. The van der Waals surface area contributed by atoms with Crippen LogP contribution < -0.4 is 17.0 Å². The minimum absolute atomic E-state index is 0.0509. The molecule has 0 saturated carbocycles. The Hall–Kier alpha value is -1.11. The molecule has 1 aliphatic heterocycles. The van der Waals surface area contributed by atoms with E-state index in [4.69, 9.17) is 16.2 Å². The highest BCUT2D eigenvalue weighted by atomic mass is 31.3. The number of anilines is 1. The van der Waals surface area contributed by atoms with E-state index in [1.807, 2.05) is 0 Å². The number of H-pyrrole nitrogens is 1. The molecule has 1 saturated heterocycles. The van der Waals surface area contributed by atoms with Crippen LogP contribution in [0.3, 0.4) is 0 Å². The standard InChI is InChI=1S/C16H32N6O22P6/c17-5-3-1-2-4-6-37-45(25,26)40-47(29,30)42-49(33,34)44-50(35,36)43-48(31,32)41-46(27,28)38-8-11-10(23)7-12(39-11)22-9-19-13-14(22)20-16(18)21-15(13)24/h9-12,23H,1-8,17H2,(H,25,26)(H,27,28)(H,29,30)(H,31,32)(H,33,34)(H,35,36)(H3,18,20,21,24). The molecular formula is C16H32N6O22P6. The van der Waals surface area contributed by atoms with Crippen LogP contribution in [-0.4, -0.2) is 86.0 Å². The number of nitrogens with one attached hydrogen (secondary N) is 1. The van der Waals surface area contributed by atoms with Gasteiger partial charge in [0.05, 0.1) is 25.6 Å². The Bertz CT molecular complexity index is 1850. The van der Waals surface area contributed by atoms with Crippen molar-refractivity contribution >= 4 is 64.0 Å². The van der Waals surface area contributed by atoms with Gasteiger partial charge in [0, 0.05) is 6.42 Å². The Morgan fingerprint density at radius 2 is 1.32 bits per heavy atom. The van der Waals surface area contributed by atoms with Gasteiger partial charge in [0.1, 0.15) is 12.3 Å². The smallest absolute Gasteiger partial charge is 0.390 e.